The minimum Gasteiger partial charge on any atom is -0.370 e. The van der Waals surface area contributed by atoms with Crippen LogP contribution in [-0.2, 0) is 0 Å². The fraction of sp³-hybridized carbons (Fsp3) is 0.917. The van der Waals surface area contributed by atoms with Crippen LogP contribution in [0, 0.1) is 5.41 Å². The Morgan fingerprint density at radius 3 is 2.47 bits per heavy atom. The molecule has 0 unspecified atom stereocenters. The maximum Gasteiger partial charge on any atom is 0.188 e. The molecule has 0 bridgehead atoms. The molecule has 0 aromatic rings. The van der Waals surface area contributed by atoms with E-state index < -0.39 is 0 Å². The molecule has 0 heterocycles. The molecule has 1 saturated carbocycles. The molecular weight excluding hydrogens is 186 g/mol. The molecule has 0 amide bonds. The van der Waals surface area contributed by atoms with Crippen LogP contribution in [-0.4, -0.2) is 18.5 Å². The molecule has 0 radical (unpaired) electrons. The van der Waals surface area contributed by atoms with Gasteiger partial charge in [-0.2, -0.15) is 0 Å². The maximum atomic E-state index is 5.79. The van der Waals surface area contributed by atoms with Gasteiger partial charge < -0.3 is 11.1 Å². The zero-order chi connectivity index (χ0) is 11.3. The summed E-state index contributed by atoms with van der Waals surface area (Å²) < 4.78 is 0. The Kier molecular flexibility index (Phi) is 4.43. The molecule has 0 aromatic heterocycles. The van der Waals surface area contributed by atoms with Crippen molar-refractivity contribution in [3.8, 4) is 0 Å². The van der Waals surface area contributed by atoms with Crippen molar-refractivity contribution in [2.75, 3.05) is 6.54 Å². The van der Waals surface area contributed by atoms with E-state index in [2.05, 4.69) is 31.1 Å². The number of guanidine groups is 1. The number of nitrogens with one attached hydrogen (secondary N) is 1. The van der Waals surface area contributed by atoms with E-state index >= 15 is 0 Å². The summed E-state index contributed by atoms with van der Waals surface area (Å²) >= 11 is 0. The molecule has 0 atom stereocenters. The van der Waals surface area contributed by atoms with Gasteiger partial charge >= 0.3 is 0 Å². The van der Waals surface area contributed by atoms with Crippen LogP contribution in [0.4, 0.5) is 0 Å². The van der Waals surface area contributed by atoms with Crippen LogP contribution >= 0.6 is 0 Å². The van der Waals surface area contributed by atoms with E-state index in [0.717, 1.165) is 6.54 Å². The van der Waals surface area contributed by atoms with Crippen molar-refractivity contribution in [1.82, 2.24) is 5.32 Å². The van der Waals surface area contributed by atoms with Crippen molar-refractivity contribution in [2.24, 2.45) is 16.1 Å². The van der Waals surface area contributed by atoms with Gasteiger partial charge in [-0.1, -0.05) is 26.2 Å². The maximum absolute atomic E-state index is 5.79. The second-order valence-electron chi connectivity index (χ2n) is 5.37. The minimum absolute atomic E-state index is 0.368. The predicted octanol–water partition coefficient (Wildman–Crippen LogP) is 2.27. The molecule has 1 aliphatic carbocycles. The van der Waals surface area contributed by atoms with E-state index in [1.54, 1.807) is 0 Å². The number of rotatable bonds is 3. The Balaban J connectivity index is 2.39. The summed E-state index contributed by atoms with van der Waals surface area (Å²) in [7, 11) is 0. The minimum atomic E-state index is 0.368. The van der Waals surface area contributed by atoms with Gasteiger partial charge in [0.1, 0.15) is 0 Å². The Morgan fingerprint density at radius 1 is 1.33 bits per heavy atom. The molecule has 3 nitrogen and oxygen atoms in total. The molecular formula is C12H25N3. The van der Waals surface area contributed by atoms with Gasteiger partial charge in [-0.3, -0.25) is 4.99 Å². The molecule has 1 fully saturated rings. The van der Waals surface area contributed by atoms with Crippen molar-refractivity contribution in [1.29, 1.82) is 0 Å². The van der Waals surface area contributed by atoms with Gasteiger partial charge in [0.15, 0.2) is 5.96 Å². The van der Waals surface area contributed by atoms with Gasteiger partial charge in [0, 0.05) is 12.6 Å². The van der Waals surface area contributed by atoms with Crippen molar-refractivity contribution in [3.05, 3.63) is 0 Å². The third-order valence-corrected chi connectivity index (χ3v) is 3.13. The quantitative estimate of drug-likeness (QED) is 0.556. The number of aliphatic imine (C=N–C) groups is 1. The van der Waals surface area contributed by atoms with Gasteiger partial charge in [-0.15, -0.1) is 0 Å². The van der Waals surface area contributed by atoms with Crippen LogP contribution in [0.15, 0.2) is 4.99 Å². The highest BCUT2D eigenvalue weighted by Crippen LogP contribution is 2.35. The molecule has 1 rings (SSSR count). The van der Waals surface area contributed by atoms with Crippen molar-refractivity contribution in [3.63, 3.8) is 0 Å². The fourth-order valence-corrected chi connectivity index (χ4v) is 2.18. The average molecular weight is 211 g/mol. The first-order chi connectivity index (χ1) is 7.02. The number of hydrogen-bond acceptors (Lipinski definition) is 1. The Bertz CT molecular complexity index is 215. The first-order valence-corrected chi connectivity index (χ1v) is 6.08. The molecule has 0 aliphatic heterocycles. The Hall–Kier alpha value is -0.730. The smallest absolute Gasteiger partial charge is 0.188 e. The molecule has 3 heteroatoms. The van der Waals surface area contributed by atoms with Crippen molar-refractivity contribution in [2.45, 2.75) is 58.9 Å². The van der Waals surface area contributed by atoms with Crippen LogP contribution in [0.5, 0.6) is 0 Å². The summed E-state index contributed by atoms with van der Waals surface area (Å²) in [6.45, 7) is 7.35. The van der Waals surface area contributed by atoms with Crippen molar-refractivity contribution < 1.29 is 0 Å². The van der Waals surface area contributed by atoms with E-state index in [1.807, 2.05) is 0 Å². The van der Waals surface area contributed by atoms with Crippen molar-refractivity contribution >= 4 is 5.96 Å². The van der Waals surface area contributed by atoms with E-state index in [4.69, 9.17) is 5.73 Å². The third kappa shape index (κ3) is 4.54. The number of hydrogen-bond donors (Lipinski definition) is 2. The highest BCUT2D eigenvalue weighted by molar-refractivity contribution is 5.78. The van der Waals surface area contributed by atoms with E-state index in [1.165, 1.54) is 32.1 Å². The first kappa shape index (κ1) is 12.3. The van der Waals surface area contributed by atoms with Gasteiger partial charge in [0.2, 0.25) is 0 Å². The summed E-state index contributed by atoms with van der Waals surface area (Å²) in [5.41, 5.74) is 6.18. The first-order valence-electron chi connectivity index (χ1n) is 6.08. The topological polar surface area (TPSA) is 50.4 Å². The number of nitrogens with two attached hydrogens (primary N) is 1. The van der Waals surface area contributed by atoms with E-state index in [9.17, 15) is 0 Å². The SMILES string of the molecule is CC(C)NC(N)=NCC1(C)CCCCC1. The highest BCUT2D eigenvalue weighted by Gasteiger charge is 2.26. The van der Waals surface area contributed by atoms with Gasteiger partial charge in [0.05, 0.1) is 0 Å². The lowest BCUT2D eigenvalue weighted by atomic mass is 9.76. The largest absolute Gasteiger partial charge is 0.370 e. The van der Waals surface area contributed by atoms with Crippen LogP contribution in [0.2, 0.25) is 0 Å². The average Bonchev–Trinajstić information content (AvgIpc) is 2.15. The lowest BCUT2D eigenvalue weighted by Crippen LogP contribution is -2.38. The fourth-order valence-electron chi connectivity index (χ4n) is 2.18. The molecule has 0 spiro atoms. The molecule has 15 heavy (non-hydrogen) atoms. The molecule has 88 valence electrons. The molecule has 3 N–H and O–H groups in total. The Morgan fingerprint density at radius 2 is 1.93 bits per heavy atom. The monoisotopic (exact) mass is 211 g/mol. The van der Waals surface area contributed by atoms with Crippen LogP contribution in [0.25, 0.3) is 0 Å². The molecule has 1 aliphatic rings. The lowest BCUT2D eigenvalue weighted by molar-refractivity contribution is 0.227. The summed E-state index contributed by atoms with van der Waals surface area (Å²) in [5.74, 6) is 0.594. The van der Waals surface area contributed by atoms with E-state index in [-0.39, 0.29) is 0 Å². The van der Waals surface area contributed by atoms with Crippen LogP contribution in [0.3, 0.4) is 0 Å². The van der Waals surface area contributed by atoms with Gasteiger partial charge in [-0.25, -0.2) is 0 Å². The normalized spacial score (nSPS) is 21.7. The summed E-state index contributed by atoms with van der Waals surface area (Å²) in [4.78, 5) is 4.44. The zero-order valence-corrected chi connectivity index (χ0v) is 10.3. The highest BCUT2D eigenvalue weighted by atomic mass is 15.1. The summed E-state index contributed by atoms with van der Waals surface area (Å²) in [6.07, 6.45) is 6.68. The second-order valence-corrected chi connectivity index (χ2v) is 5.37. The standard InChI is InChI=1S/C12H25N3/c1-10(2)15-11(13)14-9-12(3)7-5-4-6-8-12/h10H,4-9H2,1-3H3,(H3,13,14,15). The molecule has 0 aromatic carbocycles. The van der Waals surface area contributed by atoms with Crippen LogP contribution in [0.1, 0.15) is 52.9 Å². The second kappa shape index (κ2) is 5.38. The third-order valence-electron chi connectivity index (χ3n) is 3.13. The van der Waals surface area contributed by atoms with Gasteiger partial charge in [0.25, 0.3) is 0 Å². The Labute approximate surface area is 93.5 Å². The predicted molar refractivity (Wildman–Crippen MR) is 66.0 cm³/mol. The van der Waals surface area contributed by atoms with Gasteiger partial charge in [-0.05, 0) is 32.1 Å². The zero-order valence-electron chi connectivity index (χ0n) is 10.3. The lowest BCUT2D eigenvalue weighted by Gasteiger charge is -2.32. The molecule has 0 saturated heterocycles. The summed E-state index contributed by atoms with van der Waals surface area (Å²) in [6, 6.07) is 0.368. The van der Waals surface area contributed by atoms with E-state index in [0.29, 0.717) is 17.4 Å². The summed E-state index contributed by atoms with van der Waals surface area (Å²) in [5, 5.41) is 3.13. The number of nitrogens with zero attached hydrogens (tertiary/aromatic N) is 1. The van der Waals surface area contributed by atoms with Crippen LogP contribution < -0.4 is 11.1 Å².